The van der Waals surface area contributed by atoms with Gasteiger partial charge in [0, 0.05) is 5.41 Å². The normalized spacial score (nSPS) is 50.2. The number of rotatable bonds is 7. The molecule has 2 spiro atoms. The predicted octanol–water partition coefficient (Wildman–Crippen LogP) is 5.60. The lowest BCUT2D eigenvalue weighted by Gasteiger charge is -2.63. The third-order valence-electron chi connectivity index (χ3n) is 13.3. The zero-order valence-electron chi connectivity index (χ0n) is 23.8. The van der Waals surface area contributed by atoms with Gasteiger partial charge in [0.05, 0.1) is 18.8 Å². The molecule has 0 heterocycles. The first-order chi connectivity index (χ1) is 17.1. The molecule has 0 aromatic carbocycles. The second kappa shape index (κ2) is 8.76. The molecule has 6 nitrogen and oxygen atoms in total. The van der Waals surface area contributed by atoms with E-state index in [0.717, 1.165) is 25.7 Å². The van der Waals surface area contributed by atoms with Gasteiger partial charge in [0.25, 0.3) is 0 Å². The maximum atomic E-state index is 11.5. The highest BCUT2D eigenvalue weighted by Gasteiger charge is 2.82. The van der Waals surface area contributed by atoms with E-state index >= 15 is 0 Å². The minimum absolute atomic E-state index is 0.133. The van der Waals surface area contributed by atoms with E-state index in [-0.39, 0.29) is 40.3 Å². The van der Waals surface area contributed by atoms with Crippen LogP contribution in [0.15, 0.2) is 11.6 Å². The van der Waals surface area contributed by atoms with Crippen LogP contribution in [0.5, 0.6) is 0 Å². The molecule has 0 bridgehead atoms. The molecule has 5 aliphatic rings. The Morgan fingerprint density at radius 1 is 1.00 bits per heavy atom. The Balaban J connectivity index is 1.41. The molecule has 0 saturated heterocycles. The summed E-state index contributed by atoms with van der Waals surface area (Å²) < 4.78 is 39.6. The maximum absolute atomic E-state index is 11.5. The molecule has 11 atom stereocenters. The molecule has 37 heavy (non-hydrogen) atoms. The van der Waals surface area contributed by atoms with Crippen LogP contribution in [0, 0.1) is 50.7 Å². The molecule has 5 fully saturated rings. The van der Waals surface area contributed by atoms with Crippen LogP contribution in [0.2, 0.25) is 0 Å². The van der Waals surface area contributed by atoms with Crippen LogP contribution in [0.25, 0.3) is 0 Å². The minimum Gasteiger partial charge on any atom is -0.726 e. The van der Waals surface area contributed by atoms with Gasteiger partial charge in [0.2, 0.25) is 10.4 Å². The summed E-state index contributed by atoms with van der Waals surface area (Å²) in [6.07, 6.45) is 11.2. The summed E-state index contributed by atoms with van der Waals surface area (Å²) in [6.45, 7) is 13.4. The topological polar surface area (TPSA) is 107 Å². The number of fused-ring (bicyclic) bond motifs is 2. The van der Waals surface area contributed by atoms with Crippen molar-refractivity contribution in [2.24, 2.45) is 50.7 Å². The molecule has 0 aliphatic heterocycles. The second-order valence-electron chi connectivity index (χ2n) is 14.9. The Hall–Kier alpha value is -0.470. The first-order valence-corrected chi connectivity index (χ1v) is 16.0. The summed E-state index contributed by atoms with van der Waals surface area (Å²) in [5, 5.41) is 21.2. The van der Waals surface area contributed by atoms with Crippen LogP contribution in [0.4, 0.5) is 0 Å². The van der Waals surface area contributed by atoms with Gasteiger partial charge in [-0.05, 0) is 123 Å². The molecular formula is C30H49O6S-. The largest absolute Gasteiger partial charge is 0.726 e. The molecule has 5 aliphatic carbocycles. The Morgan fingerprint density at radius 3 is 2.27 bits per heavy atom. The van der Waals surface area contributed by atoms with Gasteiger partial charge in [0.1, 0.15) is 0 Å². The molecule has 7 heteroatoms. The van der Waals surface area contributed by atoms with Crippen LogP contribution in [-0.4, -0.2) is 42.0 Å². The lowest BCUT2D eigenvalue weighted by molar-refractivity contribution is -0.170. The van der Waals surface area contributed by atoms with Crippen LogP contribution < -0.4 is 0 Å². The molecule has 2 unspecified atom stereocenters. The monoisotopic (exact) mass is 537 g/mol. The third-order valence-corrected chi connectivity index (χ3v) is 13.8. The smallest absolute Gasteiger partial charge is 0.217 e. The van der Waals surface area contributed by atoms with Gasteiger partial charge in [-0.15, -0.1) is 0 Å². The minimum atomic E-state index is -4.82. The number of aliphatic hydroxyl groups excluding tert-OH is 2. The molecule has 2 N–H and O–H groups in total. The van der Waals surface area contributed by atoms with Crippen molar-refractivity contribution in [3.8, 4) is 0 Å². The van der Waals surface area contributed by atoms with E-state index in [2.05, 4.69) is 20.8 Å². The van der Waals surface area contributed by atoms with Crippen LogP contribution >= 0.6 is 0 Å². The Labute approximate surface area is 224 Å². The van der Waals surface area contributed by atoms with Gasteiger partial charge in [-0.1, -0.05) is 39.3 Å². The van der Waals surface area contributed by atoms with Gasteiger partial charge < -0.3 is 14.8 Å². The van der Waals surface area contributed by atoms with Crippen molar-refractivity contribution >= 4 is 10.4 Å². The Kier molecular flexibility index (Phi) is 6.65. The highest BCUT2D eigenvalue weighted by atomic mass is 32.3. The third kappa shape index (κ3) is 3.88. The van der Waals surface area contributed by atoms with E-state index in [4.69, 9.17) is 4.18 Å². The maximum Gasteiger partial charge on any atom is 0.217 e. The number of aliphatic hydroxyl groups is 2. The van der Waals surface area contributed by atoms with E-state index in [9.17, 15) is 23.2 Å². The molecule has 5 rings (SSSR count). The summed E-state index contributed by atoms with van der Waals surface area (Å²) in [6, 6.07) is 0. The second-order valence-corrected chi connectivity index (χ2v) is 15.9. The summed E-state index contributed by atoms with van der Waals surface area (Å²) in [5.74, 6) is 1.90. The lowest BCUT2D eigenvalue weighted by atomic mass is 9.41. The van der Waals surface area contributed by atoms with Crippen molar-refractivity contribution in [3.05, 3.63) is 11.6 Å². The van der Waals surface area contributed by atoms with Crippen molar-refractivity contribution < 1.29 is 27.4 Å². The van der Waals surface area contributed by atoms with Crippen molar-refractivity contribution in [3.63, 3.8) is 0 Å². The fourth-order valence-corrected chi connectivity index (χ4v) is 12.2. The van der Waals surface area contributed by atoms with Crippen molar-refractivity contribution in [1.29, 1.82) is 0 Å². The van der Waals surface area contributed by atoms with Crippen molar-refractivity contribution in [2.45, 2.75) is 118 Å². The van der Waals surface area contributed by atoms with Gasteiger partial charge >= 0.3 is 0 Å². The first kappa shape index (κ1) is 28.1. The van der Waals surface area contributed by atoms with E-state index in [1.807, 2.05) is 26.8 Å². The highest BCUT2D eigenvalue weighted by Crippen LogP contribution is 2.89. The molecule has 0 amide bonds. The van der Waals surface area contributed by atoms with Gasteiger partial charge in [-0.2, -0.15) is 0 Å². The molecule has 0 radical (unpaired) electrons. The van der Waals surface area contributed by atoms with Crippen molar-refractivity contribution in [1.82, 2.24) is 0 Å². The Bertz CT molecular complexity index is 1050. The van der Waals surface area contributed by atoms with Crippen LogP contribution in [0.3, 0.4) is 0 Å². The molecular weight excluding hydrogens is 488 g/mol. The quantitative estimate of drug-likeness (QED) is 0.249. The molecule has 0 aromatic heterocycles. The summed E-state index contributed by atoms with van der Waals surface area (Å²) in [5.41, 5.74) is 1.36. The van der Waals surface area contributed by atoms with Gasteiger partial charge in [-0.3, -0.25) is 4.18 Å². The Morgan fingerprint density at radius 2 is 1.65 bits per heavy atom. The molecule has 212 valence electrons. The first-order valence-electron chi connectivity index (χ1n) is 14.7. The van der Waals surface area contributed by atoms with E-state index in [1.165, 1.54) is 37.7 Å². The fourth-order valence-electron chi connectivity index (χ4n) is 11.6. The van der Waals surface area contributed by atoms with E-state index < -0.39 is 21.9 Å². The van der Waals surface area contributed by atoms with Gasteiger partial charge in [0.15, 0.2) is 0 Å². The molecule has 0 aromatic rings. The zero-order chi connectivity index (χ0) is 27.2. The average molecular weight is 538 g/mol. The van der Waals surface area contributed by atoms with E-state index in [1.54, 1.807) is 0 Å². The predicted molar refractivity (Wildman–Crippen MR) is 142 cm³/mol. The summed E-state index contributed by atoms with van der Waals surface area (Å²) in [7, 11) is -4.82. The zero-order valence-corrected chi connectivity index (χ0v) is 24.6. The number of hydrogen-bond donors (Lipinski definition) is 2. The van der Waals surface area contributed by atoms with Crippen molar-refractivity contribution in [2.75, 3.05) is 6.61 Å². The van der Waals surface area contributed by atoms with Crippen LogP contribution in [0.1, 0.15) is 106 Å². The lowest BCUT2D eigenvalue weighted by Crippen LogP contribution is -2.59. The van der Waals surface area contributed by atoms with Gasteiger partial charge in [-0.25, -0.2) is 8.42 Å². The van der Waals surface area contributed by atoms with E-state index in [0.29, 0.717) is 24.2 Å². The fraction of sp³-hybridized carbons (Fsp3) is 0.933. The standard InChI is InChI=1S/C30H50O6S/c1-19(2)15-21(32)16-20(3)22-9-11-28(6)24-8-7-23-26(4,18-31)25(36-37(33,34)35)10-12-29(23)17-30(24,29)14-13-27(22,28)5/h15,20-25,31-32H,7-14,16-18H2,1-6H3,(H,33,34,35)/p-1/t20-,21?,22-,23+,24+,25?,26+,27-,28+,29-,30+/m1/s1. The number of allylic oxidation sites excluding steroid dienone is 1. The highest BCUT2D eigenvalue weighted by molar-refractivity contribution is 7.80. The summed E-state index contributed by atoms with van der Waals surface area (Å²) >= 11 is 0. The summed E-state index contributed by atoms with van der Waals surface area (Å²) in [4.78, 5) is 0. The number of hydrogen-bond acceptors (Lipinski definition) is 6. The average Bonchev–Trinajstić information content (AvgIpc) is 3.36. The molecule has 5 saturated carbocycles. The van der Waals surface area contributed by atoms with Crippen LogP contribution in [-0.2, 0) is 14.6 Å². The SMILES string of the molecule is CC(C)=CC(O)C[C@@H](C)[C@H]1CC[C@@]2(C)[C@@H]3CC[C@@H]4[C@@]5(CCC(OS(=O)(=O)[O-])[C@@]4(C)CO)C[C@@]35CC[C@]12C.